The molecule has 0 aromatic heterocycles. The normalized spacial score (nSPS) is 13.5. The first-order valence-electron chi connectivity index (χ1n) is 3.77. The van der Waals surface area contributed by atoms with E-state index in [9.17, 15) is 26.7 Å². The molecule has 1 aromatic rings. The number of alkyl halides is 3. The molecule has 0 fully saturated rings. The lowest BCUT2D eigenvalue weighted by molar-refractivity contribution is -0.138. The fourth-order valence-electron chi connectivity index (χ4n) is 1.05. The molecule has 1 unspecified atom stereocenters. The van der Waals surface area contributed by atoms with Gasteiger partial charge in [0.1, 0.15) is 0 Å². The number of hydrogen-bond donors (Lipinski definition) is 1. The fourth-order valence-corrected chi connectivity index (χ4v) is 1.44. The summed E-state index contributed by atoms with van der Waals surface area (Å²) in [6, 6.07) is 1.69. The summed E-state index contributed by atoms with van der Waals surface area (Å²) >= 11 is -2.84. The summed E-state index contributed by atoms with van der Waals surface area (Å²) < 4.78 is 58.1. The van der Waals surface area contributed by atoms with E-state index in [4.69, 9.17) is 5.11 Å². The van der Waals surface area contributed by atoms with Crippen LogP contribution in [0.5, 0.6) is 0 Å². The number of rotatable bonds is 2. The second-order valence-electron chi connectivity index (χ2n) is 2.75. The van der Waals surface area contributed by atoms with Crippen molar-refractivity contribution in [2.24, 2.45) is 0 Å². The zero-order valence-electron chi connectivity index (χ0n) is 7.45. The molecule has 4 nitrogen and oxygen atoms in total. The van der Waals surface area contributed by atoms with E-state index < -0.39 is 39.2 Å². The van der Waals surface area contributed by atoms with Crippen LogP contribution in [0, 0.1) is 0 Å². The summed E-state index contributed by atoms with van der Waals surface area (Å²) in [6.45, 7) is 0. The molecule has 0 saturated carbocycles. The van der Waals surface area contributed by atoms with E-state index in [0.29, 0.717) is 6.07 Å². The van der Waals surface area contributed by atoms with E-state index in [2.05, 4.69) is 0 Å². The molecule has 1 atom stereocenters. The number of carboxylic acid groups (broad SMARTS) is 1. The van der Waals surface area contributed by atoms with Crippen molar-refractivity contribution in [2.45, 2.75) is 11.1 Å². The molecule has 88 valence electrons. The molecule has 0 heterocycles. The predicted molar refractivity (Wildman–Crippen MR) is 45.6 cm³/mol. The largest absolute Gasteiger partial charge is 0.768 e. The molecule has 16 heavy (non-hydrogen) atoms. The van der Waals surface area contributed by atoms with Gasteiger partial charge >= 0.3 is 12.1 Å². The van der Waals surface area contributed by atoms with Crippen molar-refractivity contribution in [1.82, 2.24) is 0 Å². The second kappa shape index (κ2) is 4.22. The summed E-state index contributed by atoms with van der Waals surface area (Å²) in [6.07, 6.45) is -4.91. The average Bonchev–Trinajstić information content (AvgIpc) is 2.15. The van der Waals surface area contributed by atoms with Crippen molar-refractivity contribution in [3.05, 3.63) is 29.3 Å². The lowest BCUT2D eigenvalue weighted by Gasteiger charge is -2.13. The van der Waals surface area contributed by atoms with E-state index >= 15 is 0 Å². The minimum atomic E-state index is -4.91. The Balaban J connectivity index is 3.45. The van der Waals surface area contributed by atoms with E-state index in [1.54, 1.807) is 0 Å². The summed E-state index contributed by atoms with van der Waals surface area (Å²) in [5.74, 6) is -1.77. The van der Waals surface area contributed by atoms with Crippen molar-refractivity contribution in [3.8, 4) is 0 Å². The van der Waals surface area contributed by atoms with Gasteiger partial charge in [0.15, 0.2) is 0 Å². The minimum absolute atomic E-state index is 0.284. The second-order valence-corrected chi connectivity index (χ2v) is 3.69. The van der Waals surface area contributed by atoms with Gasteiger partial charge in [-0.25, -0.2) is 4.79 Å². The molecule has 1 rings (SSSR count). The van der Waals surface area contributed by atoms with Crippen LogP contribution >= 0.6 is 0 Å². The first kappa shape index (κ1) is 12.7. The third-order valence-corrected chi connectivity index (χ3v) is 2.36. The molecule has 0 aliphatic rings. The van der Waals surface area contributed by atoms with Gasteiger partial charge in [-0.1, -0.05) is 0 Å². The maximum atomic E-state index is 12.4. The van der Waals surface area contributed by atoms with Crippen LogP contribution < -0.4 is 0 Å². The van der Waals surface area contributed by atoms with Crippen LogP contribution in [0.4, 0.5) is 13.2 Å². The van der Waals surface area contributed by atoms with Gasteiger partial charge in [0.2, 0.25) is 0 Å². The molecule has 0 bridgehead atoms. The smallest absolute Gasteiger partial charge is 0.417 e. The van der Waals surface area contributed by atoms with Crippen LogP contribution in [-0.2, 0) is 17.3 Å². The van der Waals surface area contributed by atoms with Gasteiger partial charge in [-0.3, -0.25) is 4.21 Å². The van der Waals surface area contributed by atoms with Crippen LogP contribution in [0.1, 0.15) is 15.9 Å². The van der Waals surface area contributed by atoms with Crippen molar-refractivity contribution >= 4 is 17.0 Å². The third kappa shape index (κ3) is 2.58. The minimum Gasteiger partial charge on any atom is -0.768 e. The number of aromatic carboxylic acids is 1. The molecule has 1 N–H and O–H groups in total. The predicted octanol–water partition coefficient (Wildman–Crippen LogP) is 1.64. The van der Waals surface area contributed by atoms with Gasteiger partial charge in [-0.05, 0) is 29.3 Å². The van der Waals surface area contributed by atoms with Gasteiger partial charge in [0.25, 0.3) is 0 Å². The Kier molecular flexibility index (Phi) is 3.34. The van der Waals surface area contributed by atoms with E-state index in [0.717, 1.165) is 6.07 Å². The summed E-state index contributed by atoms with van der Waals surface area (Å²) in [5.41, 5.74) is -2.47. The van der Waals surface area contributed by atoms with Crippen molar-refractivity contribution in [1.29, 1.82) is 0 Å². The first-order valence-corrected chi connectivity index (χ1v) is 4.85. The van der Waals surface area contributed by atoms with Gasteiger partial charge in [0, 0.05) is 4.90 Å². The average molecular weight is 253 g/mol. The van der Waals surface area contributed by atoms with Crippen LogP contribution in [0.25, 0.3) is 0 Å². The topological polar surface area (TPSA) is 77.4 Å². The van der Waals surface area contributed by atoms with Crippen molar-refractivity contribution < 1.29 is 31.8 Å². The Hall–Kier alpha value is -1.41. The lowest BCUT2D eigenvalue weighted by atomic mass is 10.1. The van der Waals surface area contributed by atoms with Crippen molar-refractivity contribution in [3.63, 3.8) is 0 Å². The standard InChI is InChI=1S/C8H5F3O4S/c9-8(10,11)6-3-4(16(14)15)1-2-5(6)7(12)13/h1-3H,(H,12,13)(H,14,15)/p-1. The maximum absolute atomic E-state index is 12.4. The highest BCUT2D eigenvalue weighted by atomic mass is 32.2. The highest BCUT2D eigenvalue weighted by Gasteiger charge is 2.35. The fraction of sp³-hybridized carbons (Fsp3) is 0.125. The SMILES string of the molecule is O=C(O)c1ccc(S(=O)[O-])cc1C(F)(F)F. The Morgan fingerprint density at radius 2 is 1.94 bits per heavy atom. The Labute approximate surface area is 90.0 Å². The summed E-state index contributed by atoms with van der Waals surface area (Å²) in [4.78, 5) is 9.88. The van der Waals surface area contributed by atoms with E-state index in [1.807, 2.05) is 0 Å². The summed E-state index contributed by atoms with van der Waals surface area (Å²) in [5, 5.41) is 8.50. The molecule has 0 saturated heterocycles. The van der Waals surface area contributed by atoms with Gasteiger partial charge in [-0.15, -0.1) is 0 Å². The zero-order valence-corrected chi connectivity index (χ0v) is 8.26. The highest BCUT2D eigenvalue weighted by Crippen LogP contribution is 2.33. The summed E-state index contributed by atoms with van der Waals surface area (Å²) in [7, 11) is 0. The quantitative estimate of drug-likeness (QED) is 0.813. The molecular weight excluding hydrogens is 249 g/mol. The van der Waals surface area contributed by atoms with E-state index in [-0.39, 0.29) is 6.07 Å². The highest BCUT2D eigenvalue weighted by molar-refractivity contribution is 7.79. The molecule has 8 heteroatoms. The molecular formula is C8H4F3O4S-. The maximum Gasteiger partial charge on any atom is 0.417 e. The number of hydrogen-bond acceptors (Lipinski definition) is 3. The number of carboxylic acids is 1. The zero-order chi connectivity index (χ0) is 12.5. The molecule has 0 aliphatic carbocycles. The van der Waals surface area contributed by atoms with E-state index in [1.165, 1.54) is 0 Å². The molecule has 0 aliphatic heterocycles. The van der Waals surface area contributed by atoms with Crippen LogP contribution in [0.2, 0.25) is 0 Å². The van der Waals surface area contributed by atoms with Crippen LogP contribution in [-0.4, -0.2) is 19.8 Å². The van der Waals surface area contributed by atoms with Crippen LogP contribution in [0.3, 0.4) is 0 Å². The number of halogens is 3. The van der Waals surface area contributed by atoms with Crippen molar-refractivity contribution in [2.75, 3.05) is 0 Å². The Morgan fingerprint density at radius 3 is 2.31 bits per heavy atom. The number of carbonyl (C=O) groups is 1. The Morgan fingerprint density at radius 1 is 1.38 bits per heavy atom. The van der Waals surface area contributed by atoms with Crippen LogP contribution in [0.15, 0.2) is 23.1 Å². The van der Waals surface area contributed by atoms with Gasteiger partial charge < -0.3 is 9.66 Å². The Bertz CT molecular complexity index is 455. The molecule has 0 amide bonds. The first-order chi connectivity index (χ1) is 7.23. The lowest BCUT2D eigenvalue weighted by Crippen LogP contribution is -2.13. The molecule has 0 spiro atoms. The van der Waals surface area contributed by atoms with Gasteiger partial charge in [-0.2, -0.15) is 13.2 Å². The van der Waals surface area contributed by atoms with Gasteiger partial charge in [0.05, 0.1) is 11.1 Å². The molecule has 0 radical (unpaired) electrons. The molecule has 1 aromatic carbocycles. The monoisotopic (exact) mass is 253 g/mol. The number of benzene rings is 1. The third-order valence-electron chi connectivity index (χ3n) is 1.72.